The fourth-order valence-electron chi connectivity index (χ4n) is 2.07. The van der Waals surface area contributed by atoms with E-state index in [2.05, 4.69) is 0 Å². The normalized spacial score (nSPS) is 10.3. The van der Waals surface area contributed by atoms with Crippen molar-refractivity contribution in [3.05, 3.63) is 65.2 Å². The van der Waals surface area contributed by atoms with E-state index in [4.69, 9.17) is 10.8 Å². The van der Waals surface area contributed by atoms with Crippen molar-refractivity contribution in [2.24, 2.45) is 0 Å². The highest BCUT2D eigenvalue weighted by Gasteiger charge is 2.08. The molecule has 0 unspecified atom stereocenters. The fraction of sp³-hybridized carbons (Fsp3) is 0.176. The van der Waals surface area contributed by atoms with Gasteiger partial charge in [0.05, 0.1) is 0 Å². The van der Waals surface area contributed by atoms with E-state index in [1.54, 1.807) is 36.4 Å². The molecule has 0 atom stereocenters. The Hall–Kier alpha value is -2.62. The topological polar surface area (TPSA) is 80.4 Å². The number of carboxylic acid groups (broad SMARTS) is 1. The van der Waals surface area contributed by atoms with Crippen LogP contribution in [0.4, 0.5) is 5.69 Å². The molecule has 0 amide bonds. The average Bonchev–Trinajstić information content (AvgIpc) is 2.48. The van der Waals surface area contributed by atoms with E-state index in [9.17, 15) is 9.59 Å². The number of carbonyl (C=O) groups is 2. The lowest BCUT2D eigenvalue weighted by Gasteiger charge is -2.04. The Balaban J connectivity index is 2.02. The zero-order chi connectivity index (χ0) is 15.2. The van der Waals surface area contributed by atoms with Gasteiger partial charge in [-0.3, -0.25) is 9.59 Å². The molecule has 0 aliphatic heterocycles. The zero-order valence-electron chi connectivity index (χ0n) is 11.6. The highest BCUT2D eigenvalue weighted by Crippen LogP contribution is 2.14. The maximum absolute atomic E-state index is 12.3. The van der Waals surface area contributed by atoms with Crippen molar-refractivity contribution in [3.63, 3.8) is 0 Å². The van der Waals surface area contributed by atoms with Gasteiger partial charge in [-0.25, -0.2) is 0 Å². The summed E-state index contributed by atoms with van der Waals surface area (Å²) in [5.74, 6) is -0.836. The third-order valence-corrected chi connectivity index (χ3v) is 3.25. The zero-order valence-corrected chi connectivity index (χ0v) is 11.6. The summed E-state index contributed by atoms with van der Waals surface area (Å²) in [5, 5.41) is 8.60. The molecule has 21 heavy (non-hydrogen) atoms. The molecule has 2 rings (SSSR count). The van der Waals surface area contributed by atoms with Crippen molar-refractivity contribution < 1.29 is 14.7 Å². The van der Waals surface area contributed by atoms with Crippen molar-refractivity contribution >= 4 is 17.4 Å². The number of anilines is 1. The molecule has 0 heterocycles. The highest BCUT2D eigenvalue weighted by molar-refractivity contribution is 6.09. The van der Waals surface area contributed by atoms with Crippen LogP contribution in [-0.2, 0) is 11.2 Å². The van der Waals surface area contributed by atoms with Crippen LogP contribution in [0.5, 0.6) is 0 Å². The summed E-state index contributed by atoms with van der Waals surface area (Å²) in [6, 6.07) is 14.1. The van der Waals surface area contributed by atoms with Crippen LogP contribution in [0.15, 0.2) is 48.5 Å². The van der Waals surface area contributed by atoms with Gasteiger partial charge in [-0.05, 0) is 42.7 Å². The minimum Gasteiger partial charge on any atom is -0.481 e. The smallest absolute Gasteiger partial charge is 0.303 e. The Morgan fingerprint density at radius 2 is 1.43 bits per heavy atom. The van der Waals surface area contributed by atoms with E-state index in [-0.39, 0.29) is 12.2 Å². The number of ketones is 1. The van der Waals surface area contributed by atoms with E-state index in [1.165, 1.54) is 0 Å². The number of nitrogens with two attached hydrogens (primary N) is 1. The molecule has 0 saturated heterocycles. The summed E-state index contributed by atoms with van der Waals surface area (Å²) >= 11 is 0. The fourth-order valence-corrected chi connectivity index (χ4v) is 2.07. The van der Waals surface area contributed by atoms with E-state index < -0.39 is 5.97 Å². The molecular formula is C17H17NO3. The molecular weight excluding hydrogens is 266 g/mol. The highest BCUT2D eigenvalue weighted by atomic mass is 16.4. The Morgan fingerprint density at radius 1 is 0.905 bits per heavy atom. The van der Waals surface area contributed by atoms with Crippen LogP contribution >= 0.6 is 0 Å². The third-order valence-electron chi connectivity index (χ3n) is 3.25. The number of benzene rings is 2. The number of nitrogen functional groups attached to an aromatic ring is 1. The van der Waals surface area contributed by atoms with Crippen molar-refractivity contribution in [1.29, 1.82) is 0 Å². The van der Waals surface area contributed by atoms with Gasteiger partial charge in [0.2, 0.25) is 0 Å². The van der Waals surface area contributed by atoms with Crippen LogP contribution in [-0.4, -0.2) is 16.9 Å². The second-order valence-corrected chi connectivity index (χ2v) is 4.90. The minimum atomic E-state index is -0.787. The van der Waals surface area contributed by atoms with Gasteiger partial charge in [0.15, 0.2) is 5.78 Å². The summed E-state index contributed by atoms with van der Waals surface area (Å²) in [4.78, 5) is 22.7. The molecule has 4 nitrogen and oxygen atoms in total. The van der Waals surface area contributed by atoms with Gasteiger partial charge in [0, 0.05) is 23.2 Å². The van der Waals surface area contributed by atoms with Crippen LogP contribution < -0.4 is 5.73 Å². The van der Waals surface area contributed by atoms with Gasteiger partial charge in [0.1, 0.15) is 0 Å². The molecule has 0 radical (unpaired) electrons. The Bertz CT molecular complexity index is 630. The lowest BCUT2D eigenvalue weighted by Crippen LogP contribution is -2.02. The van der Waals surface area contributed by atoms with Gasteiger partial charge in [-0.1, -0.05) is 24.3 Å². The van der Waals surface area contributed by atoms with Gasteiger partial charge >= 0.3 is 5.97 Å². The second kappa shape index (κ2) is 6.70. The monoisotopic (exact) mass is 283 g/mol. The van der Waals surface area contributed by atoms with Gasteiger partial charge in [-0.15, -0.1) is 0 Å². The van der Waals surface area contributed by atoms with Crippen molar-refractivity contribution in [2.45, 2.75) is 19.3 Å². The van der Waals surface area contributed by atoms with Gasteiger partial charge in [0.25, 0.3) is 0 Å². The number of hydrogen-bond acceptors (Lipinski definition) is 3. The van der Waals surface area contributed by atoms with Crippen LogP contribution in [0, 0.1) is 0 Å². The molecule has 4 heteroatoms. The first-order valence-corrected chi connectivity index (χ1v) is 6.77. The van der Waals surface area contributed by atoms with Crippen molar-refractivity contribution in [1.82, 2.24) is 0 Å². The lowest BCUT2D eigenvalue weighted by molar-refractivity contribution is -0.137. The third kappa shape index (κ3) is 4.18. The molecule has 0 bridgehead atoms. The predicted octanol–water partition coefficient (Wildman–Crippen LogP) is 2.91. The quantitative estimate of drug-likeness (QED) is 0.631. The largest absolute Gasteiger partial charge is 0.481 e. The van der Waals surface area contributed by atoms with Crippen LogP contribution in [0.25, 0.3) is 0 Å². The van der Waals surface area contributed by atoms with Crippen molar-refractivity contribution in [3.8, 4) is 0 Å². The molecule has 0 aliphatic carbocycles. The summed E-state index contributed by atoms with van der Waals surface area (Å²) in [6.45, 7) is 0. The molecule has 0 saturated carbocycles. The van der Waals surface area contributed by atoms with Gasteiger partial charge in [-0.2, -0.15) is 0 Å². The maximum atomic E-state index is 12.3. The molecule has 2 aromatic rings. The summed E-state index contributed by atoms with van der Waals surface area (Å²) < 4.78 is 0. The summed E-state index contributed by atoms with van der Waals surface area (Å²) in [5.41, 5.74) is 8.47. The Labute approximate surface area is 123 Å². The van der Waals surface area contributed by atoms with Crippen LogP contribution in [0.1, 0.15) is 34.3 Å². The number of aliphatic carboxylic acids is 1. The number of carboxylic acids is 1. The summed E-state index contributed by atoms with van der Waals surface area (Å²) in [7, 11) is 0. The number of rotatable bonds is 6. The molecule has 0 fully saturated rings. The second-order valence-electron chi connectivity index (χ2n) is 4.90. The van der Waals surface area contributed by atoms with E-state index >= 15 is 0 Å². The summed E-state index contributed by atoms with van der Waals surface area (Å²) in [6.07, 6.45) is 1.45. The molecule has 2 aromatic carbocycles. The standard InChI is InChI=1S/C17H17NO3/c18-15-10-8-14(9-11-15)17(21)13-6-4-12(5-7-13)2-1-3-16(19)20/h4-11H,1-3,18H2,(H,19,20). The molecule has 0 aromatic heterocycles. The Kier molecular flexibility index (Phi) is 4.72. The number of aryl methyl sites for hydroxylation is 1. The predicted molar refractivity (Wildman–Crippen MR) is 81.3 cm³/mol. The first-order chi connectivity index (χ1) is 10.1. The van der Waals surface area contributed by atoms with E-state index in [0.29, 0.717) is 29.7 Å². The van der Waals surface area contributed by atoms with Gasteiger partial charge < -0.3 is 10.8 Å². The number of hydrogen-bond donors (Lipinski definition) is 2. The van der Waals surface area contributed by atoms with Crippen molar-refractivity contribution in [2.75, 3.05) is 5.73 Å². The minimum absolute atomic E-state index is 0.0490. The lowest BCUT2D eigenvalue weighted by atomic mass is 10.0. The number of carbonyl (C=O) groups excluding carboxylic acids is 1. The van der Waals surface area contributed by atoms with E-state index in [1.807, 2.05) is 12.1 Å². The molecule has 0 aliphatic rings. The molecule has 3 N–H and O–H groups in total. The first kappa shape index (κ1) is 14.8. The maximum Gasteiger partial charge on any atom is 0.303 e. The SMILES string of the molecule is Nc1ccc(C(=O)c2ccc(CCCC(=O)O)cc2)cc1. The first-order valence-electron chi connectivity index (χ1n) is 6.77. The Morgan fingerprint density at radius 3 is 1.95 bits per heavy atom. The molecule has 108 valence electrons. The van der Waals surface area contributed by atoms with E-state index in [0.717, 1.165) is 5.56 Å². The average molecular weight is 283 g/mol. The molecule has 0 spiro atoms. The van der Waals surface area contributed by atoms with Crippen LogP contribution in [0.3, 0.4) is 0 Å². The van der Waals surface area contributed by atoms with Crippen LogP contribution in [0.2, 0.25) is 0 Å².